The quantitative estimate of drug-likeness (QED) is 0.459. The maximum absolute atomic E-state index is 14.3. The van der Waals surface area contributed by atoms with Gasteiger partial charge in [-0.1, -0.05) is 12.1 Å². The molecule has 206 valence electrons. The molecule has 2 atom stereocenters. The summed E-state index contributed by atoms with van der Waals surface area (Å²) in [7, 11) is 1.27. The van der Waals surface area contributed by atoms with Crippen molar-refractivity contribution >= 4 is 11.7 Å². The minimum absolute atomic E-state index is 0.0882. The first kappa shape index (κ1) is 26.6. The molecular formula is C25H28F4N4O5. The number of anilines is 1. The molecule has 2 aromatic rings. The van der Waals surface area contributed by atoms with Crippen molar-refractivity contribution in [1.82, 2.24) is 15.3 Å². The standard InChI is InChI=1S/C25H28F4N4O5/c1-12(14-5-4-6-15-18(14)38-11-25(15,28)29)30-20-16(22-36-9-10-37-22)17(31-13(2)32-20)19(35-3)21(34)33-24(7-8-24)23(26)27/h4-6,12,19,22-23H,7-11H2,1-3H3,(H,33,34)(H,30,31,32)/t12-,19?/m1/s1. The number of nitrogens with zero attached hydrogens (tertiary/aromatic N) is 2. The fourth-order valence-electron chi connectivity index (χ4n) is 4.72. The van der Waals surface area contributed by atoms with E-state index in [1.807, 2.05) is 0 Å². The van der Waals surface area contributed by atoms with Gasteiger partial charge in [-0.15, -0.1) is 0 Å². The van der Waals surface area contributed by atoms with Gasteiger partial charge in [0.1, 0.15) is 22.9 Å². The van der Waals surface area contributed by atoms with E-state index in [2.05, 4.69) is 20.6 Å². The number of halogens is 4. The number of ether oxygens (including phenoxy) is 4. The number of hydrogen-bond donors (Lipinski definition) is 2. The summed E-state index contributed by atoms with van der Waals surface area (Å²) in [6.45, 7) is 3.12. The second-order valence-electron chi connectivity index (χ2n) is 9.64. The van der Waals surface area contributed by atoms with Crippen LogP contribution in [0.1, 0.15) is 66.4 Å². The van der Waals surface area contributed by atoms with Gasteiger partial charge in [0, 0.05) is 12.7 Å². The molecule has 2 aliphatic heterocycles. The summed E-state index contributed by atoms with van der Waals surface area (Å²) in [5.41, 5.74) is -0.963. The molecule has 1 aromatic carbocycles. The van der Waals surface area contributed by atoms with E-state index in [1.54, 1.807) is 19.9 Å². The van der Waals surface area contributed by atoms with Gasteiger partial charge in [-0.25, -0.2) is 18.7 Å². The molecule has 2 N–H and O–H groups in total. The smallest absolute Gasteiger partial charge is 0.310 e. The van der Waals surface area contributed by atoms with Gasteiger partial charge in [-0.05, 0) is 32.8 Å². The SMILES string of the molecule is COC(C(=O)NC1(C(F)F)CC1)c1nc(C)nc(N[C@H](C)c2cccc3c2OCC3(F)F)c1C1OCCO1. The van der Waals surface area contributed by atoms with Crippen LogP contribution in [-0.2, 0) is 24.9 Å². The van der Waals surface area contributed by atoms with E-state index < -0.39 is 48.8 Å². The minimum atomic E-state index is -3.10. The Morgan fingerprint density at radius 1 is 1.18 bits per heavy atom. The lowest BCUT2D eigenvalue weighted by Crippen LogP contribution is -2.45. The zero-order valence-electron chi connectivity index (χ0n) is 21.0. The average Bonchev–Trinajstić information content (AvgIpc) is 3.31. The Balaban J connectivity index is 1.52. The van der Waals surface area contributed by atoms with Crippen molar-refractivity contribution in [2.75, 3.05) is 32.2 Å². The number of para-hydroxylation sites is 1. The van der Waals surface area contributed by atoms with Crippen molar-refractivity contribution in [1.29, 1.82) is 0 Å². The first-order valence-corrected chi connectivity index (χ1v) is 12.2. The Kier molecular flexibility index (Phi) is 6.95. The lowest BCUT2D eigenvalue weighted by atomic mass is 10.0. The minimum Gasteiger partial charge on any atom is -0.486 e. The number of rotatable bonds is 9. The Morgan fingerprint density at radius 2 is 1.89 bits per heavy atom. The molecule has 13 heteroatoms. The number of nitrogens with one attached hydrogen (secondary N) is 2. The molecule has 0 radical (unpaired) electrons. The lowest BCUT2D eigenvalue weighted by Gasteiger charge is -2.26. The van der Waals surface area contributed by atoms with Crippen LogP contribution in [0.4, 0.5) is 23.4 Å². The van der Waals surface area contributed by atoms with Crippen molar-refractivity contribution in [3.05, 3.63) is 46.4 Å². The van der Waals surface area contributed by atoms with Crippen molar-refractivity contribution in [2.45, 2.75) is 63.0 Å². The number of aryl methyl sites for hydroxylation is 1. The molecule has 1 amide bonds. The van der Waals surface area contributed by atoms with Gasteiger partial charge in [-0.2, -0.15) is 8.78 Å². The molecule has 9 nitrogen and oxygen atoms in total. The Hall–Kier alpha value is -3.03. The van der Waals surface area contributed by atoms with Crippen LogP contribution in [0.25, 0.3) is 0 Å². The molecule has 1 saturated carbocycles. The molecule has 2 fully saturated rings. The number of methoxy groups -OCH3 is 1. The normalized spacial score (nSPS) is 21.1. The van der Waals surface area contributed by atoms with Crippen LogP contribution in [-0.4, -0.2) is 54.8 Å². The monoisotopic (exact) mass is 540 g/mol. The van der Waals surface area contributed by atoms with Gasteiger partial charge < -0.3 is 29.6 Å². The molecule has 0 bridgehead atoms. The summed E-state index contributed by atoms with van der Waals surface area (Å²) < 4.78 is 77.7. The maximum Gasteiger partial charge on any atom is 0.310 e. The predicted molar refractivity (Wildman–Crippen MR) is 125 cm³/mol. The molecule has 3 heterocycles. The van der Waals surface area contributed by atoms with Crippen LogP contribution in [0.2, 0.25) is 0 Å². The summed E-state index contributed by atoms with van der Waals surface area (Å²) in [5.74, 6) is -3.31. The zero-order valence-corrected chi connectivity index (χ0v) is 21.0. The fraction of sp³-hybridized carbons (Fsp3) is 0.560. The largest absolute Gasteiger partial charge is 0.486 e. The highest BCUT2D eigenvalue weighted by molar-refractivity contribution is 5.83. The van der Waals surface area contributed by atoms with Gasteiger partial charge in [0.15, 0.2) is 19.0 Å². The Labute approximate surface area is 216 Å². The van der Waals surface area contributed by atoms with E-state index in [4.69, 9.17) is 18.9 Å². The molecule has 38 heavy (non-hydrogen) atoms. The molecule has 1 saturated heterocycles. The van der Waals surface area contributed by atoms with E-state index in [0.717, 1.165) is 0 Å². The molecule has 1 unspecified atom stereocenters. The van der Waals surface area contributed by atoms with Gasteiger partial charge in [-0.3, -0.25) is 4.79 Å². The highest BCUT2D eigenvalue weighted by atomic mass is 19.3. The zero-order chi connectivity index (χ0) is 27.2. The number of carbonyl (C=O) groups is 1. The van der Waals surface area contributed by atoms with E-state index in [9.17, 15) is 22.4 Å². The number of hydrogen-bond acceptors (Lipinski definition) is 8. The summed E-state index contributed by atoms with van der Waals surface area (Å²) in [4.78, 5) is 22.0. The molecule has 1 aliphatic carbocycles. The number of fused-ring (bicyclic) bond motifs is 1. The molecular weight excluding hydrogens is 512 g/mol. The third-order valence-electron chi connectivity index (χ3n) is 6.90. The van der Waals surface area contributed by atoms with Crippen LogP contribution in [0.15, 0.2) is 18.2 Å². The van der Waals surface area contributed by atoms with Crippen LogP contribution >= 0.6 is 0 Å². The first-order chi connectivity index (χ1) is 18.1. The predicted octanol–water partition coefficient (Wildman–Crippen LogP) is 4.09. The Morgan fingerprint density at radius 3 is 2.53 bits per heavy atom. The van der Waals surface area contributed by atoms with E-state index >= 15 is 0 Å². The number of alkyl halides is 4. The van der Waals surface area contributed by atoms with Crippen molar-refractivity contribution in [3.8, 4) is 5.75 Å². The summed E-state index contributed by atoms with van der Waals surface area (Å²) in [5, 5.41) is 5.61. The lowest BCUT2D eigenvalue weighted by molar-refractivity contribution is -0.134. The summed E-state index contributed by atoms with van der Waals surface area (Å²) >= 11 is 0. The van der Waals surface area contributed by atoms with E-state index in [1.165, 1.54) is 19.2 Å². The number of aromatic nitrogens is 2. The fourth-order valence-corrected chi connectivity index (χ4v) is 4.72. The van der Waals surface area contributed by atoms with Crippen molar-refractivity contribution < 1.29 is 41.3 Å². The summed E-state index contributed by atoms with van der Waals surface area (Å²) in [6.07, 6.45) is -4.75. The average molecular weight is 541 g/mol. The Bertz CT molecular complexity index is 1220. The van der Waals surface area contributed by atoms with Gasteiger partial charge >= 0.3 is 5.92 Å². The molecule has 5 rings (SSSR count). The third kappa shape index (κ3) is 4.78. The first-order valence-electron chi connectivity index (χ1n) is 12.2. The van der Waals surface area contributed by atoms with Crippen molar-refractivity contribution in [2.24, 2.45) is 0 Å². The van der Waals surface area contributed by atoms with E-state index in [-0.39, 0.29) is 60.3 Å². The number of benzene rings is 1. The molecule has 1 aromatic heterocycles. The molecule has 3 aliphatic rings. The molecule has 0 spiro atoms. The van der Waals surface area contributed by atoms with Crippen LogP contribution in [0.3, 0.4) is 0 Å². The van der Waals surface area contributed by atoms with Gasteiger partial charge in [0.05, 0.1) is 36.1 Å². The van der Waals surface area contributed by atoms with Gasteiger partial charge in [0.2, 0.25) is 0 Å². The topological polar surface area (TPSA) is 104 Å². The number of carbonyl (C=O) groups excluding carboxylic acids is 1. The van der Waals surface area contributed by atoms with E-state index in [0.29, 0.717) is 5.56 Å². The van der Waals surface area contributed by atoms with Crippen LogP contribution < -0.4 is 15.4 Å². The maximum atomic E-state index is 14.3. The highest BCUT2D eigenvalue weighted by Gasteiger charge is 2.53. The third-order valence-corrected chi connectivity index (χ3v) is 6.90. The van der Waals surface area contributed by atoms with Crippen LogP contribution in [0.5, 0.6) is 5.75 Å². The summed E-state index contributed by atoms with van der Waals surface area (Å²) in [6, 6.07) is 3.94. The van der Waals surface area contributed by atoms with Gasteiger partial charge in [0.25, 0.3) is 12.3 Å². The second-order valence-corrected chi connectivity index (χ2v) is 9.64. The number of amides is 1. The van der Waals surface area contributed by atoms with Crippen LogP contribution in [0, 0.1) is 6.92 Å². The highest BCUT2D eigenvalue weighted by Crippen LogP contribution is 2.46. The second kappa shape index (κ2) is 9.93. The van der Waals surface area contributed by atoms with Crippen molar-refractivity contribution in [3.63, 3.8) is 0 Å².